The number of nitrogens with one attached hydrogen (secondary N) is 2. The predicted molar refractivity (Wildman–Crippen MR) is 99.1 cm³/mol. The van der Waals surface area contributed by atoms with Gasteiger partial charge in [-0.1, -0.05) is 35.9 Å². The first kappa shape index (κ1) is 18.1. The highest BCUT2D eigenvalue weighted by atomic mass is 32.1. The van der Waals surface area contributed by atoms with E-state index in [9.17, 15) is 14.4 Å². The number of rotatable bonds is 5. The van der Waals surface area contributed by atoms with Crippen molar-refractivity contribution in [2.24, 2.45) is 0 Å². The van der Waals surface area contributed by atoms with E-state index in [0.29, 0.717) is 19.4 Å². The van der Waals surface area contributed by atoms with E-state index < -0.39 is 6.04 Å². The van der Waals surface area contributed by atoms with Crippen LogP contribution in [0.25, 0.3) is 0 Å². The highest BCUT2D eigenvalue weighted by Gasteiger charge is 2.36. The van der Waals surface area contributed by atoms with Gasteiger partial charge in [0.05, 0.1) is 6.42 Å². The SMILES string of the molecule is Cc1ccc(CN2C(=O)CCC2C(=O)NNC(=O)Cc2cccs2)cc1. The normalized spacial score (nSPS) is 16.6. The zero-order valence-corrected chi connectivity index (χ0v) is 15.3. The summed E-state index contributed by atoms with van der Waals surface area (Å²) in [7, 11) is 0. The number of hydrogen-bond donors (Lipinski definition) is 2. The molecule has 1 aliphatic rings. The lowest BCUT2D eigenvalue weighted by molar-refractivity contribution is -0.137. The fourth-order valence-electron chi connectivity index (χ4n) is 2.92. The van der Waals surface area contributed by atoms with Gasteiger partial charge in [0.2, 0.25) is 11.8 Å². The van der Waals surface area contributed by atoms with Crippen molar-refractivity contribution in [1.29, 1.82) is 0 Å². The molecule has 0 saturated carbocycles. The average Bonchev–Trinajstić information content (AvgIpc) is 3.25. The van der Waals surface area contributed by atoms with Gasteiger partial charge in [-0.2, -0.15) is 0 Å². The molecule has 1 aliphatic heterocycles. The lowest BCUT2D eigenvalue weighted by Gasteiger charge is -2.24. The van der Waals surface area contributed by atoms with Gasteiger partial charge in [-0.05, 0) is 30.4 Å². The van der Waals surface area contributed by atoms with Gasteiger partial charge in [-0.3, -0.25) is 25.2 Å². The summed E-state index contributed by atoms with van der Waals surface area (Å²) in [5, 5.41) is 1.90. The number of carbonyl (C=O) groups is 3. The second-order valence-corrected chi connectivity index (χ2v) is 7.39. The van der Waals surface area contributed by atoms with E-state index in [2.05, 4.69) is 10.9 Å². The zero-order valence-electron chi connectivity index (χ0n) is 14.5. The Labute approximate surface area is 156 Å². The van der Waals surface area contributed by atoms with E-state index in [0.717, 1.165) is 16.0 Å². The van der Waals surface area contributed by atoms with Crippen LogP contribution in [0, 0.1) is 6.92 Å². The minimum atomic E-state index is -0.564. The first-order valence-electron chi connectivity index (χ1n) is 8.49. The second kappa shape index (κ2) is 8.14. The molecule has 1 saturated heterocycles. The number of hydrogen-bond acceptors (Lipinski definition) is 4. The molecular weight excluding hydrogens is 350 g/mol. The number of nitrogens with zero attached hydrogens (tertiary/aromatic N) is 1. The first-order chi connectivity index (χ1) is 12.5. The Bertz CT molecular complexity index is 787. The van der Waals surface area contributed by atoms with Crippen molar-refractivity contribution in [1.82, 2.24) is 15.8 Å². The van der Waals surface area contributed by atoms with Gasteiger partial charge < -0.3 is 4.90 Å². The molecule has 7 heteroatoms. The third-order valence-electron chi connectivity index (χ3n) is 4.34. The first-order valence-corrected chi connectivity index (χ1v) is 9.37. The minimum absolute atomic E-state index is 0.0457. The van der Waals surface area contributed by atoms with Crippen LogP contribution in [0.1, 0.15) is 28.8 Å². The molecule has 2 aromatic rings. The van der Waals surface area contributed by atoms with Crippen molar-refractivity contribution in [2.75, 3.05) is 0 Å². The number of benzene rings is 1. The molecule has 3 amide bonds. The third-order valence-corrected chi connectivity index (χ3v) is 5.22. The van der Waals surface area contributed by atoms with Crippen molar-refractivity contribution in [2.45, 2.75) is 38.8 Å². The molecule has 3 rings (SSSR count). The Hall–Kier alpha value is -2.67. The third kappa shape index (κ3) is 4.49. The van der Waals surface area contributed by atoms with E-state index in [1.54, 1.807) is 4.90 Å². The molecule has 1 aromatic heterocycles. The number of carbonyl (C=O) groups excluding carboxylic acids is 3. The maximum absolute atomic E-state index is 12.4. The maximum Gasteiger partial charge on any atom is 0.261 e. The topological polar surface area (TPSA) is 78.5 Å². The summed E-state index contributed by atoms with van der Waals surface area (Å²) in [6.45, 7) is 2.39. The summed E-state index contributed by atoms with van der Waals surface area (Å²) in [6, 6.07) is 11.1. The van der Waals surface area contributed by atoms with Crippen LogP contribution in [0.3, 0.4) is 0 Å². The molecule has 1 atom stereocenters. The van der Waals surface area contributed by atoms with Crippen molar-refractivity contribution in [3.05, 3.63) is 57.8 Å². The number of likely N-dealkylation sites (tertiary alicyclic amines) is 1. The van der Waals surface area contributed by atoms with Crippen molar-refractivity contribution < 1.29 is 14.4 Å². The molecule has 0 spiro atoms. The van der Waals surface area contributed by atoms with E-state index in [1.165, 1.54) is 11.3 Å². The predicted octanol–water partition coefficient (Wildman–Crippen LogP) is 1.94. The van der Waals surface area contributed by atoms with Crippen LogP contribution in [0.5, 0.6) is 0 Å². The van der Waals surface area contributed by atoms with Crippen LogP contribution in [-0.2, 0) is 27.3 Å². The Morgan fingerprint density at radius 1 is 1.19 bits per heavy atom. The van der Waals surface area contributed by atoms with Crippen LogP contribution in [-0.4, -0.2) is 28.7 Å². The molecular formula is C19H21N3O3S. The van der Waals surface area contributed by atoms with Crippen LogP contribution >= 0.6 is 11.3 Å². The van der Waals surface area contributed by atoms with Gasteiger partial charge in [0.15, 0.2) is 0 Å². The van der Waals surface area contributed by atoms with Crippen molar-refractivity contribution in [3.8, 4) is 0 Å². The molecule has 1 fully saturated rings. The summed E-state index contributed by atoms with van der Waals surface area (Å²) < 4.78 is 0. The van der Waals surface area contributed by atoms with E-state index in [4.69, 9.17) is 0 Å². The number of aryl methyl sites for hydroxylation is 1. The molecule has 0 aliphatic carbocycles. The quantitative estimate of drug-likeness (QED) is 0.789. The molecule has 6 nitrogen and oxygen atoms in total. The Balaban J connectivity index is 1.55. The average molecular weight is 371 g/mol. The van der Waals surface area contributed by atoms with Crippen LogP contribution in [0.15, 0.2) is 41.8 Å². The van der Waals surface area contributed by atoms with Crippen LogP contribution < -0.4 is 10.9 Å². The summed E-state index contributed by atoms with van der Waals surface area (Å²) >= 11 is 1.49. The van der Waals surface area contributed by atoms with Gasteiger partial charge in [0.25, 0.3) is 5.91 Å². The van der Waals surface area contributed by atoms with Crippen LogP contribution in [0.2, 0.25) is 0 Å². The second-order valence-electron chi connectivity index (χ2n) is 6.36. The number of amides is 3. The number of thiophene rings is 1. The largest absolute Gasteiger partial charge is 0.326 e. The molecule has 26 heavy (non-hydrogen) atoms. The molecule has 2 N–H and O–H groups in total. The molecule has 136 valence electrons. The lowest BCUT2D eigenvalue weighted by Crippen LogP contribution is -2.51. The molecule has 0 radical (unpaired) electrons. The fourth-order valence-corrected chi connectivity index (χ4v) is 3.63. The van der Waals surface area contributed by atoms with Gasteiger partial charge >= 0.3 is 0 Å². The summed E-state index contributed by atoms with van der Waals surface area (Å²) in [5.41, 5.74) is 7.01. The van der Waals surface area contributed by atoms with E-state index in [-0.39, 0.29) is 24.1 Å². The molecule has 1 unspecified atom stereocenters. The van der Waals surface area contributed by atoms with Gasteiger partial charge in [-0.15, -0.1) is 11.3 Å². The van der Waals surface area contributed by atoms with E-state index >= 15 is 0 Å². The van der Waals surface area contributed by atoms with E-state index in [1.807, 2.05) is 48.7 Å². The van der Waals surface area contributed by atoms with Gasteiger partial charge in [-0.25, -0.2) is 0 Å². The highest BCUT2D eigenvalue weighted by molar-refractivity contribution is 7.10. The van der Waals surface area contributed by atoms with Crippen LogP contribution in [0.4, 0.5) is 0 Å². The van der Waals surface area contributed by atoms with Crippen molar-refractivity contribution >= 4 is 29.1 Å². The zero-order chi connectivity index (χ0) is 18.5. The Kier molecular flexibility index (Phi) is 5.68. The standard InChI is InChI=1S/C19H21N3O3S/c1-13-4-6-14(7-5-13)12-22-16(8-9-18(22)24)19(25)21-20-17(23)11-15-3-2-10-26-15/h2-7,10,16H,8-9,11-12H2,1H3,(H,20,23)(H,21,25). The Morgan fingerprint density at radius 3 is 2.65 bits per heavy atom. The highest BCUT2D eigenvalue weighted by Crippen LogP contribution is 2.21. The molecule has 1 aromatic carbocycles. The smallest absolute Gasteiger partial charge is 0.261 e. The fraction of sp³-hybridized carbons (Fsp3) is 0.316. The minimum Gasteiger partial charge on any atom is -0.326 e. The molecule has 2 heterocycles. The monoisotopic (exact) mass is 371 g/mol. The van der Waals surface area contributed by atoms with Gasteiger partial charge in [0, 0.05) is 17.8 Å². The Morgan fingerprint density at radius 2 is 1.96 bits per heavy atom. The maximum atomic E-state index is 12.4. The lowest BCUT2D eigenvalue weighted by atomic mass is 10.1. The molecule has 0 bridgehead atoms. The number of hydrazine groups is 1. The van der Waals surface area contributed by atoms with Crippen molar-refractivity contribution in [3.63, 3.8) is 0 Å². The summed E-state index contributed by atoms with van der Waals surface area (Å²) in [5.74, 6) is -0.687. The summed E-state index contributed by atoms with van der Waals surface area (Å²) in [4.78, 5) is 39.0. The van der Waals surface area contributed by atoms with Gasteiger partial charge in [0.1, 0.15) is 6.04 Å². The summed E-state index contributed by atoms with van der Waals surface area (Å²) in [6.07, 6.45) is 1.01.